The van der Waals surface area contributed by atoms with Crippen molar-refractivity contribution in [3.05, 3.63) is 83.1 Å². The second-order valence-corrected chi connectivity index (χ2v) is 7.09. The van der Waals surface area contributed by atoms with Crippen LogP contribution in [0.15, 0.2) is 72.0 Å². The minimum atomic E-state index is -0.168. The van der Waals surface area contributed by atoms with Gasteiger partial charge in [0.25, 0.3) is 0 Å². The molecule has 0 spiro atoms. The molecule has 1 aliphatic heterocycles. The van der Waals surface area contributed by atoms with Gasteiger partial charge in [-0.05, 0) is 29.3 Å². The molecule has 27 heavy (non-hydrogen) atoms. The SMILES string of the molecule is COc1ccccc1C1C2=C(CCCC2=O)Oc2ccc3ccccc3c21. The van der Waals surface area contributed by atoms with Gasteiger partial charge >= 0.3 is 0 Å². The van der Waals surface area contributed by atoms with Crippen LogP contribution in [0.3, 0.4) is 0 Å². The van der Waals surface area contributed by atoms with Crippen molar-refractivity contribution in [2.24, 2.45) is 0 Å². The number of fused-ring (bicyclic) bond motifs is 3. The van der Waals surface area contributed by atoms with E-state index in [0.29, 0.717) is 6.42 Å². The Hall–Kier alpha value is -3.07. The summed E-state index contributed by atoms with van der Waals surface area (Å²) in [6.45, 7) is 0. The molecule has 0 bridgehead atoms. The standard InChI is InChI=1S/C24H20O3/c1-26-19-11-5-4-9-17(19)23-22-16-8-3-2-7-15(16)13-14-21(22)27-20-12-6-10-18(25)24(20)23/h2-5,7-9,11,13-14,23H,6,10,12H2,1H3. The molecule has 0 N–H and O–H groups in total. The van der Waals surface area contributed by atoms with Gasteiger partial charge in [0.1, 0.15) is 17.3 Å². The number of hydrogen-bond donors (Lipinski definition) is 0. The summed E-state index contributed by atoms with van der Waals surface area (Å²) >= 11 is 0. The molecular formula is C24H20O3. The first kappa shape index (κ1) is 16.1. The number of hydrogen-bond acceptors (Lipinski definition) is 3. The van der Waals surface area contributed by atoms with E-state index >= 15 is 0 Å². The molecule has 3 aromatic rings. The Morgan fingerprint density at radius 3 is 2.67 bits per heavy atom. The number of para-hydroxylation sites is 1. The fourth-order valence-electron chi connectivity index (χ4n) is 4.42. The van der Waals surface area contributed by atoms with Gasteiger partial charge in [-0.25, -0.2) is 0 Å². The summed E-state index contributed by atoms with van der Waals surface area (Å²) in [5, 5.41) is 2.27. The van der Waals surface area contributed by atoms with Gasteiger partial charge in [-0.2, -0.15) is 0 Å². The zero-order valence-electron chi connectivity index (χ0n) is 15.2. The van der Waals surface area contributed by atoms with E-state index in [4.69, 9.17) is 9.47 Å². The Morgan fingerprint density at radius 1 is 0.963 bits per heavy atom. The van der Waals surface area contributed by atoms with E-state index < -0.39 is 0 Å². The van der Waals surface area contributed by atoms with Crippen molar-refractivity contribution < 1.29 is 14.3 Å². The maximum absolute atomic E-state index is 13.0. The fraction of sp³-hybridized carbons (Fsp3) is 0.208. The Balaban J connectivity index is 1.86. The lowest BCUT2D eigenvalue weighted by Crippen LogP contribution is -2.26. The molecule has 1 atom stereocenters. The van der Waals surface area contributed by atoms with E-state index in [-0.39, 0.29) is 11.7 Å². The Bertz CT molecular complexity index is 1090. The molecular weight excluding hydrogens is 336 g/mol. The highest BCUT2D eigenvalue weighted by molar-refractivity contribution is 6.02. The van der Waals surface area contributed by atoms with E-state index in [0.717, 1.165) is 57.6 Å². The molecule has 1 unspecified atom stereocenters. The topological polar surface area (TPSA) is 35.5 Å². The number of benzene rings is 3. The average molecular weight is 356 g/mol. The van der Waals surface area contributed by atoms with Crippen molar-refractivity contribution >= 4 is 16.6 Å². The molecule has 0 saturated heterocycles. The number of methoxy groups -OCH3 is 1. The summed E-state index contributed by atoms with van der Waals surface area (Å²) in [5.41, 5.74) is 2.88. The lowest BCUT2D eigenvalue weighted by molar-refractivity contribution is -0.116. The third kappa shape index (κ3) is 2.46. The first-order valence-corrected chi connectivity index (χ1v) is 9.36. The minimum absolute atomic E-state index is 0.168. The molecule has 1 aliphatic carbocycles. The van der Waals surface area contributed by atoms with Gasteiger partial charge in [-0.1, -0.05) is 48.5 Å². The first-order valence-electron chi connectivity index (χ1n) is 9.36. The monoisotopic (exact) mass is 356 g/mol. The van der Waals surface area contributed by atoms with Gasteiger partial charge in [0, 0.05) is 35.5 Å². The summed E-state index contributed by atoms with van der Waals surface area (Å²) in [6, 6.07) is 20.4. The first-order chi connectivity index (χ1) is 13.3. The summed E-state index contributed by atoms with van der Waals surface area (Å²) in [5.74, 6) is 2.49. The largest absolute Gasteiger partial charge is 0.496 e. The Kier molecular flexibility index (Phi) is 3.75. The van der Waals surface area contributed by atoms with Gasteiger partial charge in [0.2, 0.25) is 0 Å². The summed E-state index contributed by atoms with van der Waals surface area (Å²) in [4.78, 5) is 13.0. The normalized spacial score (nSPS) is 18.7. The number of rotatable bonds is 2. The highest BCUT2D eigenvalue weighted by Crippen LogP contribution is 2.50. The zero-order valence-corrected chi connectivity index (χ0v) is 15.2. The van der Waals surface area contributed by atoms with Crippen molar-refractivity contribution in [2.45, 2.75) is 25.2 Å². The van der Waals surface area contributed by atoms with Crippen LogP contribution in [-0.2, 0) is 4.79 Å². The second-order valence-electron chi connectivity index (χ2n) is 7.09. The predicted molar refractivity (Wildman–Crippen MR) is 105 cm³/mol. The maximum Gasteiger partial charge on any atom is 0.163 e. The number of ketones is 1. The van der Waals surface area contributed by atoms with Gasteiger partial charge in [-0.3, -0.25) is 4.79 Å². The van der Waals surface area contributed by atoms with Crippen molar-refractivity contribution in [3.63, 3.8) is 0 Å². The van der Waals surface area contributed by atoms with Crippen molar-refractivity contribution in [1.82, 2.24) is 0 Å². The second kappa shape index (κ2) is 6.27. The summed E-state index contributed by atoms with van der Waals surface area (Å²) in [6.07, 6.45) is 2.23. The van der Waals surface area contributed by atoms with Gasteiger partial charge in [-0.15, -0.1) is 0 Å². The van der Waals surface area contributed by atoms with Crippen molar-refractivity contribution in [3.8, 4) is 11.5 Å². The molecule has 1 heterocycles. The average Bonchev–Trinajstić information content (AvgIpc) is 2.72. The van der Waals surface area contributed by atoms with Crippen LogP contribution in [0.2, 0.25) is 0 Å². The van der Waals surface area contributed by atoms with Crippen LogP contribution < -0.4 is 9.47 Å². The minimum Gasteiger partial charge on any atom is -0.496 e. The van der Waals surface area contributed by atoms with Gasteiger partial charge in [0.05, 0.1) is 7.11 Å². The maximum atomic E-state index is 13.0. The lowest BCUT2D eigenvalue weighted by atomic mass is 9.75. The molecule has 0 radical (unpaired) electrons. The predicted octanol–water partition coefficient (Wildman–Crippen LogP) is 5.38. The molecule has 3 aromatic carbocycles. The van der Waals surface area contributed by atoms with Crippen molar-refractivity contribution in [2.75, 3.05) is 7.11 Å². The van der Waals surface area contributed by atoms with Gasteiger partial charge < -0.3 is 9.47 Å². The molecule has 5 rings (SSSR count). The molecule has 134 valence electrons. The van der Waals surface area contributed by atoms with E-state index in [1.54, 1.807) is 7.11 Å². The Morgan fingerprint density at radius 2 is 1.78 bits per heavy atom. The highest BCUT2D eigenvalue weighted by Gasteiger charge is 2.38. The summed E-state index contributed by atoms with van der Waals surface area (Å²) < 4.78 is 11.9. The van der Waals surface area contributed by atoms with Crippen LogP contribution in [-0.4, -0.2) is 12.9 Å². The van der Waals surface area contributed by atoms with Gasteiger partial charge in [0.15, 0.2) is 5.78 Å². The van der Waals surface area contributed by atoms with Crippen LogP contribution in [0.1, 0.15) is 36.3 Å². The highest BCUT2D eigenvalue weighted by atomic mass is 16.5. The van der Waals surface area contributed by atoms with Crippen LogP contribution in [0.5, 0.6) is 11.5 Å². The number of ether oxygens (including phenoxy) is 2. The fourth-order valence-corrected chi connectivity index (χ4v) is 4.42. The zero-order chi connectivity index (χ0) is 18.4. The number of carbonyl (C=O) groups is 1. The molecule has 3 nitrogen and oxygen atoms in total. The molecule has 3 heteroatoms. The van der Waals surface area contributed by atoms with Crippen LogP contribution in [0.4, 0.5) is 0 Å². The van der Waals surface area contributed by atoms with E-state index in [9.17, 15) is 4.79 Å². The quantitative estimate of drug-likeness (QED) is 0.618. The molecule has 2 aliphatic rings. The molecule has 0 amide bonds. The summed E-state index contributed by atoms with van der Waals surface area (Å²) in [7, 11) is 1.68. The van der Waals surface area contributed by atoms with E-state index in [1.165, 1.54) is 0 Å². The lowest BCUT2D eigenvalue weighted by Gasteiger charge is -2.34. The van der Waals surface area contributed by atoms with Crippen LogP contribution in [0, 0.1) is 0 Å². The number of allylic oxidation sites excluding steroid dienone is 2. The van der Waals surface area contributed by atoms with Crippen molar-refractivity contribution in [1.29, 1.82) is 0 Å². The van der Waals surface area contributed by atoms with E-state index in [1.807, 2.05) is 36.4 Å². The third-order valence-corrected chi connectivity index (χ3v) is 5.60. The number of carbonyl (C=O) groups excluding carboxylic acids is 1. The molecule has 0 saturated carbocycles. The Labute approximate surface area is 158 Å². The molecule has 0 aromatic heterocycles. The molecule has 0 fully saturated rings. The number of Topliss-reactive ketones (excluding diaryl/α,β-unsaturated/α-hetero) is 1. The van der Waals surface area contributed by atoms with E-state index in [2.05, 4.69) is 24.3 Å². The van der Waals surface area contributed by atoms with Crippen LogP contribution in [0.25, 0.3) is 10.8 Å². The smallest absolute Gasteiger partial charge is 0.163 e. The van der Waals surface area contributed by atoms with Crippen LogP contribution >= 0.6 is 0 Å². The third-order valence-electron chi connectivity index (χ3n) is 5.60.